The summed E-state index contributed by atoms with van der Waals surface area (Å²) in [5.41, 5.74) is 1.92. The summed E-state index contributed by atoms with van der Waals surface area (Å²) in [6, 6.07) is 8.29. The van der Waals surface area contributed by atoms with E-state index in [1.165, 1.54) is 18.7 Å². The van der Waals surface area contributed by atoms with Crippen molar-refractivity contribution in [1.82, 2.24) is 14.2 Å². The number of aromatic nitrogens is 1. The first-order valence-electron chi connectivity index (χ1n) is 8.92. The van der Waals surface area contributed by atoms with Crippen molar-refractivity contribution in [3.05, 3.63) is 36.0 Å². The standard InChI is InChI=1S/C19H26N4O/c1-20-9-11-22(12-10-20)19(24)16-5-6-17-7-8-18(23(17)14-16)21(2)13-15-3-4-15/h5-8,14-15H,3-4,9-13H2,1-2H3. The van der Waals surface area contributed by atoms with Gasteiger partial charge in [-0.3, -0.25) is 4.79 Å². The Morgan fingerprint density at radius 2 is 1.83 bits per heavy atom. The molecular formula is C19H26N4O. The van der Waals surface area contributed by atoms with E-state index in [2.05, 4.69) is 46.5 Å². The number of likely N-dealkylation sites (N-methyl/N-ethyl adjacent to an activating group) is 1. The Morgan fingerprint density at radius 3 is 2.54 bits per heavy atom. The number of piperazine rings is 1. The number of nitrogens with zero attached hydrogens (tertiary/aromatic N) is 4. The highest BCUT2D eigenvalue weighted by Gasteiger charge is 2.24. The van der Waals surface area contributed by atoms with E-state index < -0.39 is 0 Å². The van der Waals surface area contributed by atoms with E-state index in [1.54, 1.807) is 0 Å². The SMILES string of the molecule is CN1CCN(C(=O)c2ccc3ccc(N(C)CC4CC4)n3c2)CC1. The number of hydrogen-bond acceptors (Lipinski definition) is 3. The molecule has 1 aliphatic heterocycles. The number of anilines is 1. The molecule has 0 N–H and O–H groups in total. The molecule has 4 rings (SSSR count). The number of amides is 1. The minimum absolute atomic E-state index is 0.148. The van der Waals surface area contributed by atoms with Crippen molar-refractivity contribution in [3.8, 4) is 0 Å². The Kier molecular flexibility index (Phi) is 3.96. The maximum absolute atomic E-state index is 12.8. The van der Waals surface area contributed by atoms with Crippen LogP contribution in [0, 0.1) is 5.92 Å². The van der Waals surface area contributed by atoms with Gasteiger partial charge in [0.2, 0.25) is 0 Å². The fraction of sp³-hybridized carbons (Fsp3) is 0.526. The van der Waals surface area contributed by atoms with Gasteiger partial charge in [0.25, 0.3) is 5.91 Å². The van der Waals surface area contributed by atoms with E-state index in [9.17, 15) is 4.79 Å². The van der Waals surface area contributed by atoms with Crippen LogP contribution < -0.4 is 4.90 Å². The van der Waals surface area contributed by atoms with E-state index in [0.717, 1.165) is 49.7 Å². The predicted molar refractivity (Wildman–Crippen MR) is 96.8 cm³/mol. The second kappa shape index (κ2) is 6.13. The lowest BCUT2D eigenvalue weighted by Crippen LogP contribution is -2.47. The van der Waals surface area contributed by atoms with Gasteiger partial charge in [-0.1, -0.05) is 0 Å². The summed E-state index contributed by atoms with van der Waals surface area (Å²) in [5.74, 6) is 2.16. The average molecular weight is 326 g/mol. The lowest BCUT2D eigenvalue weighted by Gasteiger charge is -2.32. The molecule has 0 unspecified atom stereocenters. The maximum Gasteiger partial charge on any atom is 0.255 e. The Bertz CT molecular complexity index is 741. The van der Waals surface area contributed by atoms with Crippen LogP contribution in [0.15, 0.2) is 30.5 Å². The molecule has 1 saturated heterocycles. The molecule has 2 fully saturated rings. The molecule has 5 heteroatoms. The number of hydrogen-bond donors (Lipinski definition) is 0. The second-order valence-electron chi connectivity index (χ2n) is 7.32. The van der Waals surface area contributed by atoms with Gasteiger partial charge < -0.3 is 19.1 Å². The molecule has 0 bridgehead atoms. The molecule has 0 radical (unpaired) electrons. The van der Waals surface area contributed by atoms with E-state index in [-0.39, 0.29) is 5.91 Å². The first-order chi connectivity index (χ1) is 11.6. The Hall–Kier alpha value is -2.01. The van der Waals surface area contributed by atoms with Crippen LogP contribution in [0.4, 0.5) is 5.82 Å². The average Bonchev–Trinajstić information content (AvgIpc) is 3.30. The van der Waals surface area contributed by atoms with Crippen molar-refractivity contribution in [3.63, 3.8) is 0 Å². The van der Waals surface area contributed by atoms with Crippen molar-refractivity contribution in [2.24, 2.45) is 5.92 Å². The van der Waals surface area contributed by atoms with Gasteiger partial charge in [0, 0.05) is 51.5 Å². The molecule has 3 heterocycles. The van der Waals surface area contributed by atoms with Crippen molar-refractivity contribution < 1.29 is 4.79 Å². The monoisotopic (exact) mass is 326 g/mol. The van der Waals surface area contributed by atoms with E-state index in [4.69, 9.17) is 0 Å². The van der Waals surface area contributed by atoms with E-state index in [1.807, 2.05) is 17.2 Å². The zero-order chi connectivity index (χ0) is 16.7. The molecule has 0 spiro atoms. The van der Waals surface area contributed by atoms with Crippen LogP contribution in [0.1, 0.15) is 23.2 Å². The highest BCUT2D eigenvalue weighted by molar-refractivity contribution is 5.94. The van der Waals surface area contributed by atoms with Gasteiger partial charge in [-0.15, -0.1) is 0 Å². The minimum atomic E-state index is 0.148. The summed E-state index contributed by atoms with van der Waals surface area (Å²) in [5, 5.41) is 0. The van der Waals surface area contributed by atoms with Crippen LogP contribution in [-0.2, 0) is 0 Å². The summed E-state index contributed by atoms with van der Waals surface area (Å²) in [6.07, 6.45) is 4.70. The molecule has 0 atom stereocenters. The highest BCUT2D eigenvalue weighted by atomic mass is 16.2. The van der Waals surface area contributed by atoms with Gasteiger partial charge in [0.1, 0.15) is 5.82 Å². The van der Waals surface area contributed by atoms with Gasteiger partial charge in [-0.25, -0.2) is 0 Å². The number of carbonyl (C=O) groups excluding carboxylic acids is 1. The Balaban J connectivity index is 1.58. The van der Waals surface area contributed by atoms with Gasteiger partial charge >= 0.3 is 0 Å². The molecule has 2 aromatic heterocycles. The molecule has 5 nitrogen and oxygen atoms in total. The van der Waals surface area contributed by atoms with Gasteiger partial charge in [0.05, 0.1) is 5.56 Å². The summed E-state index contributed by atoms with van der Waals surface area (Å²) in [6.45, 7) is 4.63. The van der Waals surface area contributed by atoms with Crippen LogP contribution >= 0.6 is 0 Å². The van der Waals surface area contributed by atoms with Crippen LogP contribution in [0.5, 0.6) is 0 Å². The largest absolute Gasteiger partial charge is 0.361 e. The number of fused-ring (bicyclic) bond motifs is 1. The van der Waals surface area contributed by atoms with Crippen LogP contribution in [0.25, 0.3) is 5.52 Å². The predicted octanol–water partition coefficient (Wildman–Crippen LogP) is 2.17. The molecule has 24 heavy (non-hydrogen) atoms. The number of pyridine rings is 1. The lowest BCUT2D eigenvalue weighted by atomic mass is 10.2. The first-order valence-corrected chi connectivity index (χ1v) is 8.92. The summed E-state index contributed by atoms with van der Waals surface area (Å²) < 4.78 is 2.16. The van der Waals surface area contributed by atoms with Crippen LogP contribution in [-0.4, -0.2) is 66.9 Å². The van der Waals surface area contributed by atoms with Crippen LogP contribution in [0.3, 0.4) is 0 Å². The summed E-state index contributed by atoms with van der Waals surface area (Å²) in [4.78, 5) is 19.4. The molecular weight excluding hydrogens is 300 g/mol. The third-order valence-electron chi connectivity index (χ3n) is 5.29. The van der Waals surface area contributed by atoms with E-state index >= 15 is 0 Å². The van der Waals surface area contributed by atoms with Gasteiger partial charge in [-0.05, 0) is 50.1 Å². The van der Waals surface area contributed by atoms with Gasteiger partial charge in [-0.2, -0.15) is 0 Å². The third-order valence-corrected chi connectivity index (χ3v) is 5.29. The van der Waals surface area contributed by atoms with Crippen molar-refractivity contribution in [1.29, 1.82) is 0 Å². The molecule has 1 aliphatic carbocycles. The van der Waals surface area contributed by atoms with E-state index in [0.29, 0.717) is 0 Å². The zero-order valence-electron chi connectivity index (χ0n) is 14.6. The maximum atomic E-state index is 12.8. The normalized spacial score (nSPS) is 19.0. The van der Waals surface area contributed by atoms with Crippen molar-refractivity contribution >= 4 is 17.2 Å². The molecule has 1 amide bonds. The molecule has 2 aliphatic rings. The van der Waals surface area contributed by atoms with Gasteiger partial charge in [0.15, 0.2) is 0 Å². The quantitative estimate of drug-likeness (QED) is 0.863. The summed E-state index contributed by atoms with van der Waals surface area (Å²) >= 11 is 0. The van der Waals surface area contributed by atoms with Crippen molar-refractivity contribution in [2.45, 2.75) is 12.8 Å². The molecule has 128 valence electrons. The van der Waals surface area contributed by atoms with Crippen LogP contribution in [0.2, 0.25) is 0 Å². The Morgan fingerprint density at radius 1 is 1.12 bits per heavy atom. The topological polar surface area (TPSA) is 31.2 Å². The number of rotatable bonds is 4. The minimum Gasteiger partial charge on any atom is -0.361 e. The smallest absolute Gasteiger partial charge is 0.255 e. The number of carbonyl (C=O) groups is 1. The second-order valence-corrected chi connectivity index (χ2v) is 7.32. The lowest BCUT2D eigenvalue weighted by molar-refractivity contribution is 0.0663. The third kappa shape index (κ3) is 3.00. The zero-order valence-corrected chi connectivity index (χ0v) is 14.6. The molecule has 2 aromatic rings. The summed E-state index contributed by atoms with van der Waals surface area (Å²) in [7, 11) is 4.25. The fourth-order valence-corrected chi connectivity index (χ4v) is 3.50. The molecule has 0 aromatic carbocycles. The Labute approximate surface area is 143 Å². The van der Waals surface area contributed by atoms with Crippen molar-refractivity contribution in [2.75, 3.05) is 51.7 Å². The fourth-order valence-electron chi connectivity index (χ4n) is 3.50. The highest BCUT2D eigenvalue weighted by Crippen LogP contribution is 2.31. The first kappa shape index (κ1) is 15.5. The molecule has 1 saturated carbocycles.